The van der Waals surface area contributed by atoms with E-state index in [4.69, 9.17) is 16.0 Å². The number of halogens is 1. The molecule has 3 rings (SSSR count). The summed E-state index contributed by atoms with van der Waals surface area (Å²) in [6.07, 6.45) is 4.20. The Hall–Kier alpha value is -2.65. The Balaban J connectivity index is 1.94. The van der Waals surface area contributed by atoms with Crippen molar-refractivity contribution >= 4 is 34.4 Å². The van der Waals surface area contributed by atoms with E-state index in [2.05, 4.69) is 0 Å². The summed E-state index contributed by atoms with van der Waals surface area (Å²) in [5.41, 5.74) is 2.19. The summed E-state index contributed by atoms with van der Waals surface area (Å²) in [5, 5.41) is 1.07. The minimum absolute atomic E-state index is 0.157. The van der Waals surface area contributed by atoms with Gasteiger partial charge in [0.25, 0.3) is 0 Å². The minimum atomic E-state index is -0.203. The van der Waals surface area contributed by atoms with Gasteiger partial charge < -0.3 is 4.42 Å². The molecule has 3 nitrogen and oxygen atoms in total. The van der Waals surface area contributed by atoms with Crippen molar-refractivity contribution in [2.75, 3.05) is 0 Å². The Labute approximate surface area is 137 Å². The smallest absolute Gasteiger partial charge is 0.199 e. The molecule has 0 amide bonds. The van der Waals surface area contributed by atoms with Crippen molar-refractivity contribution in [2.24, 2.45) is 0 Å². The molecule has 0 aliphatic carbocycles. The average Bonchev–Trinajstić information content (AvgIpc) is 2.55. The predicted octanol–water partition coefficient (Wildman–Crippen LogP) is 4.65. The first-order chi connectivity index (χ1) is 11.0. The molecule has 0 fully saturated rings. The van der Waals surface area contributed by atoms with Gasteiger partial charge in [0.1, 0.15) is 11.8 Å². The Morgan fingerprint density at radius 2 is 1.87 bits per heavy atom. The molecule has 0 saturated heterocycles. The van der Waals surface area contributed by atoms with Crippen molar-refractivity contribution in [1.82, 2.24) is 0 Å². The van der Waals surface area contributed by atoms with Gasteiger partial charge in [-0.15, -0.1) is 0 Å². The Morgan fingerprint density at radius 3 is 2.61 bits per heavy atom. The van der Waals surface area contributed by atoms with Gasteiger partial charge in [0.15, 0.2) is 11.2 Å². The van der Waals surface area contributed by atoms with E-state index < -0.39 is 0 Å². The highest BCUT2D eigenvalue weighted by Gasteiger charge is 2.06. The molecule has 1 heterocycles. The fraction of sp³-hybridized carbons (Fsp3) is 0.0526. The SMILES string of the molecule is Cc1ccc2occ(/C=C/C(=O)c3ccc(Cl)cc3)c(=O)c2c1. The van der Waals surface area contributed by atoms with E-state index in [1.165, 1.54) is 18.4 Å². The number of hydrogen-bond donors (Lipinski definition) is 0. The number of allylic oxidation sites excluding steroid dienone is 1. The number of benzene rings is 2. The summed E-state index contributed by atoms with van der Waals surface area (Å²) in [7, 11) is 0. The fourth-order valence-electron chi connectivity index (χ4n) is 2.25. The van der Waals surface area contributed by atoms with Gasteiger partial charge in [-0.1, -0.05) is 23.2 Å². The highest BCUT2D eigenvalue weighted by atomic mass is 35.5. The lowest BCUT2D eigenvalue weighted by Gasteiger charge is -2.00. The summed E-state index contributed by atoms with van der Waals surface area (Å²) in [5.74, 6) is -0.203. The van der Waals surface area contributed by atoms with Crippen LogP contribution in [-0.2, 0) is 0 Å². The summed E-state index contributed by atoms with van der Waals surface area (Å²) in [6, 6.07) is 12.0. The second kappa shape index (κ2) is 6.23. The predicted molar refractivity (Wildman–Crippen MR) is 92.0 cm³/mol. The highest BCUT2D eigenvalue weighted by Crippen LogP contribution is 2.14. The lowest BCUT2D eigenvalue weighted by molar-refractivity contribution is 0.104. The molecular formula is C19H13ClO3. The highest BCUT2D eigenvalue weighted by molar-refractivity contribution is 6.30. The molecule has 0 N–H and O–H groups in total. The van der Waals surface area contributed by atoms with Crippen LogP contribution in [0.2, 0.25) is 5.02 Å². The number of carbonyl (C=O) groups is 1. The molecule has 4 heteroatoms. The topological polar surface area (TPSA) is 47.3 Å². The van der Waals surface area contributed by atoms with Gasteiger partial charge in [0.05, 0.1) is 10.9 Å². The van der Waals surface area contributed by atoms with E-state index in [0.717, 1.165) is 5.56 Å². The van der Waals surface area contributed by atoms with Crippen LogP contribution in [0.5, 0.6) is 0 Å². The van der Waals surface area contributed by atoms with E-state index in [9.17, 15) is 9.59 Å². The second-order valence-corrected chi connectivity index (χ2v) is 5.66. The molecule has 0 aliphatic rings. The molecule has 0 spiro atoms. The van der Waals surface area contributed by atoms with Crippen LogP contribution in [-0.4, -0.2) is 5.78 Å². The molecule has 1 aromatic heterocycles. The zero-order valence-electron chi connectivity index (χ0n) is 12.4. The third-order valence-electron chi connectivity index (χ3n) is 3.50. The van der Waals surface area contributed by atoms with E-state index in [-0.39, 0.29) is 11.2 Å². The van der Waals surface area contributed by atoms with Crippen molar-refractivity contribution in [3.63, 3.8) is 0 Å². The number of rotatable bonds is 3. The number of ketones is 1. The molecule has 3 aromatic rings. The first kappa shape index (κ1) is 15.3. The molecular weight excluding hydrogens is 312 g/mol. The average molecular weight is 325 g/mol. The lowest BCUT2D eigenvalue weighted by atomic mass is 10.1. The zero-order valence-corrected chi connectivity index (χ0v) is 13.1. The van der Waals surface area contributed by atoms with Crippen LogP contribution in [0.25, 0.3) is 17.0 Å². The lowest BCUT2D eigenvalue weighted by Crippen LogP contribution is -2.05. The summed E-state index contributed by atoms with van der Waals surface area (Å²) >= 11 is 5.80. The largest absolute Gasteiger partial charge is 0.463 e. The van der Waals surface area contributed by atoms with Crippen LogP contribution in [0.1, 0.15) is 21.5 Å². The molecule has 0 radical (unpaired) electrons. The fourth-order valence-corrected chi connectivity index (χ4v) is 2.38. The maximum atomic E-state index is 12.4. The Morgan fingerprint density at radius 1 is 1.13 bits per heavy atom. The number of hydrogen-bond acceptors (Lipinski definition) is 3. The van der Waals surface area contributed by atoms with Gasteiger partial charge in [-0.05, 0) is 55.5 Å². The molecule has 0 aliphatic heterocycles. The van der Waals surface area contributed by atoms with Gasteiger partial charge in [0, 0.05) is 10.6 Å². The van der Waals surface area contributed by atoms with Gasteiger partial charge in [-0.2, -0.15) is 0 Å². The monoisotopic (exact) mass is 324 g/mol. The third kappa shape index (κ3) is 3.25. The van der Waals surface area contributed by atoms with Crippen molar-refractivity contribution < 1.29 is 9.21 Å². The van der Waals surface area contributed by atoms with Crippen molar-refractivity contribution in [2.45, 2.75) is 6.92 Å². The first-order valence-corrected chi connectivity index (χ1v) is 7.42. The van der Waals surface area contributed by atoms with E-state index in [1.54, 1.807) is 36.4 Å². The minimum Gasteiger partial charge on any atom is -0.463 e. The Kier molecular flexibility index (Phi) is 4.13. The number of carbonyl (C=O) groups excluding carboxylic acids is 1. The standard InChI is InChI=1S/C19H13ClO3/c1-12-2-9-18-16(10-12)19(22)14(11-23-18)5-8-17(21)13-3-6-15(20)7-4-13/h2-11H,1H3/b8-5+. The van der Waals surface area contributed by atoms with Gasteiger partial charge in [-0.3, -0.25) is 9.59 Å². The van der Waals surface area contributed by atoms with Crippen LogP contribution in [0.4, 0.5) is 0 Å². The maximum Gasteiger partial charge on any atom is 0.199 e. The molecule has 0 bridgehead atoms. The van der Waals surface area contributed by atoms with Gasteiger partial charge >= 0.3 is 0 Å². The van der Waals surface area contributed by atoms with Crippen LogP contribution in [0.15, 0.2) is 64.0 Å². The third-order valence-corrected chi connectivity index (χ3v) is 3.75. The molecule has 0 unspecified atom stereocenters. The molecule has 2 aromatic carbocycles. The molecule has 0 atom stereocenters. The number of aryl methyl sites for hydroxylation is 1. The molecule has 114 valence electrons. The van der Waals surface area contributed by atoms with Crippen molar-refractivity contribution in [1.29, 1.82) is 0 Å². The molecule has 23 heavy (non-hydrogen) atoms. The molecule has 0 saturated carbocycles. The zero-order chi connectivity index (χ0) is 16.4. The summed E-state index contributed by atoms with van der Waals surface area (Å²) < 4.78 is 5.45. The van der Waals surface area contributed by atoms with Crippen LogP contribution in [0, 0.1) is 6.92 Å². The first-order valence-electron chi connectivity index (χ1n) is 7.05. The normalized spacial score (nSPS) is 11.2. The van der Waals surface area contributed by atoms with Crippen molar-refractivity contribution in [3.8, 4) is 0 Å². The second-order valence-electron chi connectivity index (χ2n) is 5.22. The summed E-state index contributed by atoms with van der Waals surface area (Å²) in [6.45, 7) is 1.91. The van der Waals surface area contributed by atoms with Crippen LogP contribution in [0.3, 0.4) is 0 Å². The summed E-state index contributed by atoms with van der Waals surface area (Å²) in [4.78, 5) is 24.5. The van der Waals surface area contributed by atoms with E-state index in [0.29, 0.717) is 27.1 Å². The van der Waals surface area contributed by atoms with E-state index in [1.807, 2.05) is 13.0 Å². The van der Waals surface area contributed by atoms with Gasteiger partial charge in [-0.25, -0.2) is 0 Å². The van der Waals surface area contributed by atoms with Crippen molar-refractivity contribution in [3.05, 3.63) is 86.7 Å². The van der Waals surface area contributed by atoms with Crippen LogP contribution < -0.4 is 5.43 Å². The maximum absolute atomic E-state index is 12.4. The quantitative estimate of drug-likeness (QED) is 0.520. The Bertz CT molecular complexity index is 966. The van der Waals surface area contributed by atoms with Crippen LogP contribution >= 0.6 is 11.6 Å². The van der Waals surface area contributed by atoms with E-state index >= 15 is 0 Å². The van der Waals surface area contributed by atoms with Gasteiger partial charge in [0.2, 0.25) is 0 Å². The number of fused-ring (bicyclic) bond motifs is 1.